The Morgan fingerprint density at radius 2 is 2.00 bits per heavy atom. The van der Waals surface area contributed by atoms with Gasteiger partial charge in [0.15, 0.2) is 11.5 Å². The largest absolute Gasteiger partial charge is 0.493 e. The number of hydrogen-bond acceptors (Lipinski definition) is 5. The van der Waals surface area contributed by atoms with Gasteiger partial charge in [-0.15, -0.1) is 0 Å². The van der Waals surface area contributed by atoms with Crippen LogP contribution in [0.5, 0.6) is 11.5 Å². The van der Waals surface area contributed by atoms with Crippen LogP contribution in [0.4, 0.5) is 0 Å². The number of rotatable bonds is 5. The molecule has 3 aromatic rings. The molecule has 0 aliphatic heterocycles. The molecule has 0 N–H and O–H groups in total. The lowest BCUT2D eigenvalue weighted by atomic mass is 9.98. The molecule has 1 heterocycles. The Kier molecular flexibility index (Phi) is 6.53. The minimum absolute atomic E-state index is 0.0533. The molecule has 1 aromatic heterocycles. The minimum Gasteiger partial charge on any atom is -0.493 e. The summed E-state index contributed by atoms with van der Waals surface area (Å²) in [5.74, 6) is 1.48. The van der Waals surface area contributed by atoms with E-state index in [1.54, 1.807) is 38.3 Å². The summed E-state index contributed by atoms with van der Waals surface area (Å²) < 4.78 is 13.5. The van der Waals surface area contributed by atoms with Gasteiger partial charge in [-0.05, 0) is 36.6 Å². The number of methoxy groups -OCH3 is 1. The van der Waals surface area contributed by atoms with Crippen LogP contribution in [0, 0.1) is 12.3 Å². The first-order valence-corrected chi connectivity index (χ1v) is 10.5. The van der Waals surface area contributed by atoms with E-state index in [4.69, 9.17) is 21.1 Å². The highest BCUT2D eigenvalue weighted by Gasteiger charge is 2.17. The van der Waals surface area contributed by atoms with Crippen molar-refractivity contribution in [2.45, 2.75) is 27.7 Å². The SMILES string of the molecule is COc1cc(Cl)cc(C=Nn2c(C)nc3ccc(Br)cc3c2=O)c1OCC(C)(C)C. The molecule has 6 nitrogen and oxygen atoms in total. The zero-order valence-electron chi connectivity index (χ0n) is 17.5. The smallest absolute Gasteiger partial charge is 0.282 e. The predicted molar refractivity (Wildman–Crippen MR) is 124 cm³/mol. The topological polar surface area (TPSA) is 65.7 Å². The summed E-state index contributed by atoms with van der Waals surface area (Å²) in [6, 6.07) is 8.78. The number of halogens is 2. The van der Waals surface area contributed by atoms with Gasteiger partial charge in [-0.25, -0.2) is 4.98 Å². The molecule has 0 aliphatic rings. The van der Waals surface area contributed by atoms with E-state index in [2.05, 4.69) is 46.8 Å². The normalized spacial score (nSPS) is 12.0. The number of ether oxygens (including phenoxy) is 2. The second-order valence-corrected chi connectivity index (χ2v) is 9.41. The van der Waals surface area contributed by atoms with Crippen molar-refractivity contribution < 1.29 is 9.47 Å². The van der Waals surface area contributed by atoms with E-state index in [0.717, 1.165) is 4.47 Å². The highest BCUT2D eigenvalue weighted by Crippen LogP contribution is 2.35. The van der Waals surface area contributed by atoms with Gasteiger partial charge in [0.05, 0.1) is 30.8 Å². The maximum absolute atomic E-state index is 13.0. The van der Waals surface area contributed by atoms with Crippen molar-refractivity contribution in [1.29, 1.82) is 0 Å². The van der Waals surface area contributed by atoms with Crippen molar-refractivity contribution in [3.05, 3.63) is 61.6 Å². The molecule has 8 heteroatoms. The molecule has 0 aliphatic carbocycles. The van der Waals surface area contributed by atoms with Gasteiger partial charge in [-0.2, -0.15) is 9.78 Å². The van der Waals surface area contributed by atoms with Crippen molar-refractivity contribution in [3.8, 4) is 11.5 Å². The summed E-state index contributed by atoms with van der Waals surface area (Å²) in [4.78, 5) is 17.4. The maximum atomic E-state index is 13.0. The molecule has 0 saturated carbocycles. The maximum Gasteiger partial charge on any atom is 0.282 e. The fraction of sp³-hybridized carbons (Fsp3) is 0.318. The standard InChI is InChI=1S/C22H23BrClN3O3/c1-13-26-18-7-6-15(23)9-17(18)21(28)27(13)25-11-14-8-16(24)10-19(29-5)20(14)30-12-22(2,3)4/h6-11H,12H2,1-5H3. The van der Waals surface area contributed by atoms with Gasteiger partial charge >= 0.3 is 0 Å². The van der Waals surface area contributed by atoms with E-state index >= 15 is 0 Å². The summed E-state index contributed by atoms with van der Waals surface area (Å²) in [6.07, 6.45) is 1.53. The predicted octanol–water partition coefficient (Wildman–Crippen LogP) is 5.44. The summed E-state index contributed by atoms with van der Waals surface area (Å²) in [5, 5.41) is 5.33. The van der Waals surface area contributed by atoms with Gasteiger partial charge in [-0.3, -0.25) is 4.79 Å². The average molecular weight is 493 g/mol. The van der Waals surface area contributed by atoms with Crippen LogP contribution in [-0.2, 0) is 0 Å². The molecule has 0 saturated heterocycles. The highest BCUT2D eigenvalue weighted by atomic mass is 79.9. The molecule has 0 radical (unpaired) electrons. The van der Waals surface area contributed by atoms with Crippen molar-refractivity contribution in [2.75, 3.05) is 13.7 Å². The Morgan fingerprint density at radius 1 is 1.27 bits per heavy atom. The van der Waals surface area contributed by atoms with E-state index in [9.17, 15) is 4.79 Å². The van der Waals surface area contributed by atoms with Gasteiger partial charge < -0.3 is 9.47 Å². The van der Waals surface area contributed by atoms with Gasteiger partial charge in [-0.1, -0.05) is 48.3 Å². The van der Waals surface area contributed by atoms with Gasteiger partial charge in [0, 0.05) is 21.1 Å². The fourth-order valence-corrected chi connectivity index (χ4v) is 3.37. The molecular weight excluding hydrogens is 470 g/mol. The number of aryl methyl sites for hydroxylation is 1. The van der Waals surface area contributed by atoms with Gasteiger partial charge in [0.1, 0.15) is 5.82 Å². The van der Waals surface area contributed by atoms with E-state index in [0.29, 0.717) is 45.4 Å². The first-order chi connectivity index (χ1) is 14.1. The zero-order valence-corrected chi connectivity index (χ0v) is 19.8. The Morgan fingerprint density at radius 3 is 2.67 bits per heavy atom. The van der Waals surface area contributed by atoms with Crippen molar-refractivity contribution >= 4 is 44.6 Å². The van der Waals surface area contributed by atoms with Crippen LogP contribution in [0.2, 0.25) is 5.02 Å². The molecule has 0 atom stereocenters. The summed E-state index contributed by atoms with van der Waals surface area (Å²) >= 11 is 9.64. The Balaban J connectivity index is 2.09. The minimum atomic E-state index is -0.263. The number of nitrogens with zero attached hydrogens (tertiary/aromatic N) is 3. The van der Waals surface area contributed by atoms with Crippen LogP contribution >= 0.6 is 27.5 Å². The van der Waals surface area contributed by atoms with E-state index in [-0.39, 0.29) is 11.0 Å². The lowest BCUT2D eigenvalue weighted by Gasteiger charge is -2.21. The van der Waals surface area contributed by atoms with Crippen LogP contribution in [0.15, 0.2) is 44.7 Å². The Labute approximate surface area is 188 Å². The summed E-state index contributed by atoms with van der Waals surface area (Å²) in [5.41, 5.74) is 0.901. The molecule has 0 bridgehead atoms. The molecular formula is C22H23BrClN3O3. The monoisotopic (exact) mass is 491 g/mol. The quantitative estimate of drug-likeness (QED) is 0.445. The van der Waals surface area contributed by atoms with Crippen molar-refractivity contribution in [1.82, 2.24) is 9.66 Å². The van der Waals surface area contributed by atoms with Crippen LogP contribution in [0.25, 0.3) is 10.9 Å². The molecule has 0 spiro atoms. The average Bonchev–Trinajstić information content (AvgIpc) is 2.66. The second-order valence-electron chi connectivity index (χ2n) is 8.06. The zero-order chi connectivity index (χ0) is 22.1. The first-order valence-electron chi connectivity index (χ1n) is 9.32. The van der Waals surface area contributed by atoms with Crippen LogP contribution in [0.1, 0.15) is 32.2 Å². The third kappa shape index (κ3) is 5.02. The van der Waals surface area contributed by atoms with Gasteiger partial charge in [0.25, 0.3) is 5.56 Å². The molecule has 158 valence electrons. The second kappa shape index (κ2) is 8.78. The first kappa shape index (κ1) is 22.3. The number of hydrogen-bond donors (Lipinski definition) is 0. The molecule has 0 fully saturated rings. The molecule has 0 amide bonds. The van der Waals surface area contributed by atoms with Crippen LogP contribution < -0.4 is 15.0 Å². The van der Waals surface area contributed by atoms with E-state index in [1.807, 2.05) is 6.07 Å². The van der Waals surface area contributed by atoms with Crippen LogP contribution in [0.3, 0.4) is 0 Å². The summed E-state index contributed by atoms with van der Waals surface area (Å²) in [6.45, 7) is 8.42. The number of benzene rings is 2. The van der Waals surface area contributed by atoms with Crippen LogP contribution in [-0.4, -0.2) is 29.6 Å². The number of aromatic nitrogens is 2. The lowest BCUT2D eigenvalue weighted by Crippen LogP contribution is -2.21. The third-order valence-corrected chi connectivity index (χ3v) is 4.91. The molecule has 3 rings (SSSR count). The molecule has 0 unspecified atom stereocenters. The van der Waals surface area contributed by atoms with Gasteiger partial charge in [0.2, 0.25) is 0 Å². The van der Waals surface area contributed by atoms with E-state index in [1.165, 1.54) is 10.9 Å². The fourth-order valence-electron chi connectivity index (χ4n) is 2.80. The third-order valence-electron chi connectivity index (χ3n) is 4.20. The Bertz CT molecular complexity index is 1180. The van der Waals surface area contributed by atoms with Crippen molar-refractivity contribution in [3.63, 3.8) is 0 Å². The molecule has 30 heavy (non-hydrogen) atoms. The highest BCUT2D eigenvalue weighted by molar-refractivity contribution is 9.10. The van der Waals surface area contributed by atoms with Crippen molar-refractivity contribution in [2.24, 2.45) is 10.5 Å². The Hall–Kier alpha value is -2.38. The number of fused-ring (bicyclic) bond motifs is 1. The van der Waals surface area contributed by atoms with E-state index < -0.39 is 0 Å². The molecule has 2 aromatic carbocycles. The summed E-state index contributed by atoms with van der Waals surface area (Å²) in [7, 11) is 1.55. The lowest BCUT2D eigenvalue weighted by molar-refractivity contribution is 0.191.